The highest BCUT2D eigenvalue weighted by Crippen LogP contribution is 2.32. The molecular weight excluding hydrogens is 400 g/mol. The molecule has 1 N–H and O–H groups in total. The lowest BCUT2D eigenvalue weighted by atomic mass is 10.1. The molecule has 1 amide bonds. The highest BCUT2D eigenvalue weighted by molar-refractivity contribution is 7.20. The Bertz CT molecular complexity index is 1220. The number of carbonyl (C=O) groups is 1. The van der Waals surface area contributed by atoms with E-state index in [1.54, 1.807) is 22.9 Å². The number of hydrogen-bond donors (Lipinski definition) is 1. The summed E-state index contributed by atoms with van der Waals surface area (Å²) in [5.74, 6) is 1.09. The molecule has 7 nitrogen and oxygen atoms in total. The van der Waals surface area contributed by atoms with Gasteiger partial charge in [-0.05, 0) is 56.2 Å². The second kappa shape index (κ2) is 7.79. The summed E-state index contributed by atoms with van der Waals surface area (Å²) in [6, 6.07) is 11.2. The maximum absolute atomic E-state index is 13.0. The van der Waals surface area contributed by atoms with Gasteiger partial charge < -0.3 is 14.8 Å². The normalized spacial score (nSPS) is 11.0. The number of aromatic nitrogens is 3. The average molecular weight is 423 g/mol. The van der Waals surface area contributed by atoms with E-state index >= 15 is 0 Å². The molecule has 0 bridgehead atoms. The molecule has 0 spiro atoms. The number of nitrogens with zero attached hydrogens (tertiary/aromatic N) is 3. The van der Waals surface area contributed by atoms with Gasteiger partial charge >= 0.3 is 0 Å². The molecule has 0 fully saturated rings. The summed E-state index contributed by atoms with van der Waals surface area (Å²) >= 11 is 1.53. The van der Waals surface area contributed by atoms with Crippen LogP contribution in [-0.2, 0) is 0 Å². The van der Waals surface area contributed by atoms with Gasteiger partial charge in [-0.3, -0.25) is 4.79 Å². The molecule has 0 saturated carbocycles. The van der Waals surface area contributed by atoms with E-state index in [-0.39, 0.29) is 5.91 Å². The standard InChI is InChI=1S/C22H22N4O3S/c1-12-9-16-18(10-13(12)2)30-22(23-16)26-19(11-14(3)25-26)24-21(27)15-7-6-8-17(28-4)20(15)29-5/h6-11H,1-5H3,(H,24,27). The third-order valence-corrected chi connectivity index (χ3v) is 5.89. The largest absolute Gasteiger partial charge is 0.493 e. The number of methoxy groups -OCH3 is 2. The first-order valence-electron chi connectivity index (χ1n) is 9.38. The molecule has 0 aliphatic heterocycles. The van der Waals surface area contributed by atoms with Crippen molar-refractivity contribution in [3.8, 4) is 16.6 Å². The maximum Gasteiger partial charge on any atom is 0.260 e. The van der Waals surface area contributed by atoms with Crippen molar-refractivity contribution < 1.29 is 14.3 Å². The van der Waals surface area contributed by atoms with Crippen LogP contribution in [0.2, 0.25) is 0 Å². The Hall–Kier alpha value is -3.39. The fourth-order valence-corrected chi connectivity index (χ4v) is 4.25. The summed E-state index contributed by atoms with van der Waals surface area (Å²) in [6.07, 6.45) is 0. The Labute approximate surface area is 178 Å². The summed E-state index contributed by atoms with van der Waals surface area (Å²) < 4.78 is 13.4. The number of anilines is 1. The van der Waals surface area contributed by atoms with E-state index in [0.717, 1.165) is 15.9 Å². The third kappa shape index (κ3) is 3.50. The molecule has 2 heterocycles. The summed E-state index contributed by atoms with van der Waals surface area (Å²) in [5, 5.41) is 8.16. The van der Waals surface area contributed by atoms with Crippen molar-refractivity contribution in [1.29, 1.82) is 0 Å². The van der Waals surface area contributed by atoms with Crippen LogP contribution in [-0.4, -0.2) is 34.9 Å². The predicted octanol–water partition coefficient (Wildman–Crippen LogP) is 4.68. The van der Waals surface area contributed by atoms with Crippen LogP contribution in [0.25, 0.3) is 15.3 Å². The zero-order valence-corrected chi connectivity index (χ0v) is 18.3. The second-order valence-corrected chi connectivity index (χ2v) is 7.99. The SMILES string of the molecule is COc1cccc(C(=O)Nc2cc(C)nn2-c2nc3cc(C)c(C)cc3s2)c1OC. The number of nitrogens with one attached hydrogen (secondary N) is 1. The van der Waals surface area contributed by atoms with Crippen LogP contribution in [0.15, 0.2) is 36.4 Å². The van der Waals surface area contributed by atoms with E-state index in [9.17, 15) is 4.79 Å². The van der Waals surface area contributed by atoms with Crippen molar-refractivity contribution in [1.82, 2.24) is 14.8 Å². The van der Waals surface area contributed by atoms with Crippen molar-refractivity contribution in [3.63, 3.8) is 0 Å². The highest BCUT2D eigenvalue weighted by Gasteiger charge is 2.20. The highest BCUT2D eigenvalue weighted by atomic mass is 32.1. The van der Waals surface area contributed by atoms with Gasteiger partial charge in [0.25, 0.3) is 5.91 Å². The maximum atomic E-state index is 13.0. The molecule has 154 valence electrons. The van der Waals surface area contributed by atoms with Gasteiger partial charge in [0.2, 0.25) is 5.13 Å². The number of benzene rings is 2. The third-order valence-electron chi connectivity index (χ3n) is 4.89. The topological polar surface area (TPSA) is 78.3 Å². The summed E-state index contributed by atoms with van der Waals surface area (Å²) in [5.41, 5.74) is 4.47. The molecule has 0 unspecified atom stereocenters. The molecular formula is C22H22N4O3S. The van der Waals surface area contributed by atoms with Gasteiger partial charge in [-0.2, -0.15) is 9.78 Å². The van der Waals surface area contributed by atoms with Crippen molar-refractivity contribution in [3.05, 3.63) is 58.8 Å². The Morgan fingerprint density at radius 3 is 2.57 bits per heavy atom. The van der Waals surface area contributed by atoms with Crippen LogP contribution in [0.4, 0.5) is 5.82 Å². The van der Waals surface area contributed by atoms with Crippen LogP contribution in [0.1, 0.15) is 27.2 Å². The van der Waals surface area contributed by atoms with E-state index in [1.807, 2.05) is 13.0 Å². The number of fused-ring (bicyclic) bond motifs is 1. The molecule has 0 aliphatic rings. The van der Waals surface area contributed by atoms with E-state index in [4.69, 9.17) is 14.5 Å². The van der Waals surface area contributed by atoms with Gasteiger partial charge in [-0.1, -0.05) is 17.4 Å². The molecule has 4 rings (SSSR count). The van der Waals surface area contributed by atoms with Crippen molar-refractivity contribution >= 4 is 33.3 Å². The number of thiazole rings is 1. The predicted molar refractivity (Wildman–Crippen MR) is 118 cm³/mol. The Morgan fingerprint density at radius 2 is 1.83 bits per heavy atom. The fraction of sp³-hybridized carbons (Fsp3) is 0.227. The number of para-hydroxylation sites is 1. The lowest BCUT2D eigenvalue weighted by Gasteiger charge is -2.12. The molecule has 8 heteroatoms. The minimum atomic E-state index is -0.320. The Balaban J connectivity index is 1.72. The smallest absolute Gasteiger partial charge is 0.260 e. The minimum Gasteiger partial charge on any atom is -0.493 e. The van der Waals surface area contributed by atoms with E-state index < -0.39 is 0 Å². The van der Waals surface area contributed by atoms with Crippen LogP contribution in [0.5, 0.6) is 11.5 Å². The number of hydrogen-bond acceptors (Lipinski definition) is 6. The quantitative estimate of drug-likeness (QED) is 0.505. The molecule has 0 aliphatic carbocycles. The van der Waals surface area contributed by atoms with Gasteiger partial charge in [0.05, 0.1) is 35.7 Å². The van der Waals surface area contributed by atoms with E-state index in [2.05, 4.69) is 36.4 Å². The second-order valence-electron chi connectivity index (χ2n) is 6.98. The molecule has 0 atom stereocenters. The molecule has 2 aromatic heterocycles. The molecule has 0 radical (unpaired) electrons. The first-order valence-corrected chi connectivity index (χ1v) is 10.2. The van der Waals surface area contributed by atoms with E-state index in [1.165, 1.54) is 36.7 Å². The van der Waals surface area contributed by atoms with Gasteiger partial charge in [0, 0.05) is 6.07 Å². The van der Waals surface area contributed by atoms with Crippen LogP contribution in [0, 0.1) is 20.8 Å². The van der Waals surface area contributed by atoms with Crippen LogP contribution < -0.4 is 14.8 Å². The number of carbonyl (C=O) groups excluding carboxylic acids is 1. The number of rotatable bonds is 5. The van der Waals surface area contributed by atoms with Crippen molar-refractivity contribution in [2.75, 3.05) is 19.5 Å². The minimum absolute atomic E-state index is 0.320. The van der Waals surface area contributed by atoms with Crippen LogP contribution >= 0.6 is 11.3 Å². The molecule has 0 saturated heterocycles. The Kier molecular flexibility index (Phi) is 5.17. The fourth-order valence-electron chi connectivity index (χ4n) is 3.24. The monoisotopic (exact) mass is 422 g/mol. The molecule has 30 heavy (non-hydrogen) atoms. The van der Waals surface area contributed by atoms with E-state index in [0.29, 0.717) is 28.0 Å². The Morgan fingerprint density at radius 1 is 1.07 bits per heavy atom. The molecule has 4 aromatic rings. The van der Waals surface area contributed by atoms with Gasteiger partial charge in [-0.15, -0.1) is 0 Å². The number of amides is 1. The zero-order chi connectivity index (χ0) is 21.4. The molecule has 2 aromatic carbocycles. The summed E-state index contributed by atoms with van der Waals surface area (Å²) in [7, 11) is 3.04. The van der Waals surface area contributed by atoms with Crippen LogP contribution in [0.3, 0.4) is 0 Å². The zero-order valence-electron chi connectivity index (χ0n) is 17.4. The van der Waals surface area contributed by atoms with Gasteiger partial charge in [-0.25, -0.2) is 4.98 Å². The average Bonchev–Trinajstić information content (AvgIpc) is 3.29. The number of ether oxygens (including phenoxy) is 2. The van der Waals surface area contributed by atoms with Crippen molar-refractivity contribution in [2.45, 2.75) is 20.8 Å². The first-order chi connectivity index (χ1) is 14.4. The lowest BCUT2D eigenvalue weighted by molar-refractivity contribution is 0.102. The first kappa shape index (κ1) is 19.9. The van der Waals surface area contributed by atoms with Gasteiger partial charge in [0.15, 0.2) is 11.5 Å². The lowest BCUT2D eigenvalue weighted by Crippen LogP contribution is -2.16. The summed E-state index contributed by atoms with van der Waals surface area (Å²) in [6.45, 7) is 6.03. The van der Waals surface area contributed by atoms with Gasteiger partial charge in [0.1, 0.15) is 5.82 Å². The number of aryl methyl sites for hydroxylation is 3. The summed E-state index contributed by atoms with van der Waals surface area (Å²) in [4.78, 5) is 17.7. The van der Waals surface area contributed by atoms with Crippen molar-refractivity contribution in [2.24, 2.45) is 0 Å².